The molecule has 0 saturated heterocycles. The molecule has 3 aromatic rings. The molecule has 0 atom stereocenters. The molecule has 7 nitrogen and oxygen atoms in total. The second-order valence-corrected chi connectivity index (χ2v) is 8.26. The Balaban J connectivity index is 1.92. The molecule has 31 heavy (non-hydrogen) atoms. The fraction of sp³-hybridized carbons (Fsp3) is 0.143. The molecule has 0 aliphatic rings. The summed E-state index contributed by atoms with van der Waals surface area (Å²) in [7, 11) is -4.29. The number of aromatic carboxylic acids is 1. The molecule has 0 radical (unpaired) electrons. The summed E-state index contributed by atoms with van der Waals surface area (Å²) in [6.45, 7) is 2.71. The summed E-state index contributed by atoms with van der Waals surface area (Å²) < 4.78 is 53.6. The Bertz CT molecular complexity index is 1200. The van der Waals surface area contributed by atoms with E-state index < -0.39 is 32.5 Å². The van der Waals surface area contributed by atoms with Crippen LogP contribution in [-0.2, 0) is 16.6 Å². The molecule has 0 aliphatic heterocycles. The van der Waals surface area contributed by atoms with Crippen molar-refractivity contribution in [1.29, 1.82) is 0 Å². The molecule has 1 heterocycles. The number of halogens is 2. The lowest BCUT2D eigenvalue weighted by atomic mass is 10.2. The number of sulfonamides is 1. The molecule has 10 heteroatoms. The standard InChI is InChI=1S/C21H19F2N3O4S/c1-2-26(13-14-6-4-3-5-7-14)20-17(21(27)28)10-15(12-24-20)25-31(29,30)16-8-9-18(22)19(23)11-16/h3-12,25H,2,13H2,1H3,(H,27,28). The van der Waals surface area contributed by atoms with E-state index in [-0.39, 0.29) is 17.1 Å². The van der Waals surface area contributed by atoms with Crippen LogP contribution in [0.2, 0.25) is 0 Å². The molecule has 2 N–H and O–H groups in total. The zero-order valence-corrected chi connectivity index (χ0v) is 17.2. The molecule has 0 spiro atoms. The lowest BCUT2D eigenvalue weighted by Crippen LogP contribution is -2.25. The van der Waals surface area contributed by atoms with Crippen molar-refractivity contribution in [2.24, 2.45) is 0 Å². The van der Waals surface area contributed by atoms with Crippen molar-refractivity contribution in [1.82, 2.24) is 4.98 Å². The van der Waals surface area contributed by atoms with E-state index in [4.69, 9.17) is 0 Å². The first-order chi connectivity index (χ1) is 14.7. The van der Waals surface area contributed by atoms with E-state index in [2.05, 4.69) is 9.71 Å². The molecule has 0 bridgehead atoms. The predicted molar refractivity (Wildman–Crippen MR) is 112 cm³/mol. The highest BCUT2D eigenvalue weighted by molar-refractivity contribution is 7.92. The molecule has 0 unspecified atom stereocenters. The van der Waals surface area contributed by atoms with Crippen LogP contribution in [0.5, 0.6) is 0 Å². The minimum atomic E-state index is -4.29. The third-order valence-corrected chi connectivity index (χ3v) is 5.83. The first-order valence-electron chi connectivity index (χ1n) is 9.21. The zero-order chi connectivity index (χ0) is 22.6. The van der Waals surface area contributed by atoms with Gasteiger partial charge in [-0.3, -0.25) is 4.72 Å². The van der Waals surface area contributed by atoms with Gasteiger partial charge in [0.05, 0.1) is 16.8 Å². The fourth-order valence-electron chi connectivity index (χ4n) is 2.92. The van der Waals surface area contributed by atoms with Crippen LogP contribution in [0.3, 0.4) is 0 Å². The Kier molecular flexibility index (Phi) is 6.50. The van der Waals surface area contributed by atoms with Gasteiger partial charge in [0.15, 0.2) is 11.6 Å². The van der Waals surface area contributed by atoms with E-state index in [9.17, 15) is 27.1 Å². The van der Waals surface area contributed by atoms with Crippen LogP contribution in [0, 0.1) is 11.6 Å². The second-order valence-electron chi connectivity index (χ2n) is 6.58. The zero-order valence-electron chi connectivity index (χ0n) is 16.4. The van der Waals surface area contributed by atoms with Crippen LogP contribution in [0.1, 0.15) is 22.8 Å². The Labute approximate surface area is 178 Å². The maximum Gasteiger partial charge on any atom is 0.339 e. The number of carboxylic acids is 1. The molecular weight excluding hydrogens is 428 g/mol. The lowest BCUT2D eigenvalue weighted by Gasteiger charge is -2.24. The van der Waals surface area contributed by atoms with E-state index in [0.29, 0.717) is 25.2 Å². The normalized spacial score (nSPS) is 11.2. The number of benzene rings is 2. The van der Waals surface area contributed by atoms with Crippen molar-refractivity contribution >= 4 is 27.5 Å². The Morgan fingerprint density at radius 1 is 1.10 bits per heavy atom. The molecular formula is C21H19F2N3O4S. The van der Waals surface area contributed by atoms with Gasteiger partial charge in [0.1, 0.15) is 11.4 Å². The summed E-state index contributed by atoms with van der Waals surface area (Å²) in [5.41, 5.74) is 0.621. The summed E-state index contributed by atoms with van der Waals surface area (Å²) in [5.74, 6) is -3.62. The molecule has 0 fully saturated rings. The maximum atomic E-state index is 13.4. The van der Waals surface area contributed by atoms with Gasteiger partial charge in [-0.05, 0) is 36.8 Å². The van der Waals surface area contributed by atoms with Gasteiger partial charge in [0.25, 0.3) is 10.0 Å². The number of carbonyl (C=O) groups is 1. The summed E-state index contributed by atoms with van der Waals surface area (Å²) in [6, 6.07) is 12.7. The quantitative estimate of drug-likeness (QED) is 0.544. The highest BCUT2D eigenvalue weighted by Gasteiger charge is 2.21. The topological polar surface area (TPSA) is 99.6 Å². The van der Waals surface area contributed by atoms with Gasteiger partial charge in [0, 0.05) is 13.1 Å². The smallest absolute Gasteiger partial charge is 0.339 e. The number of aromatic nitrogens is 1. The highest BCUT2D eigenvalue weighted by Crippen LogP contribution is 2.25. The lowest BCUT2D eigenvalue weighted by molar-refractivity contribution is 0.0697. The SMILES string of the molecule is CCN(Cc1ccccc1)c1ncc(NS(=O)(=O)c2ccc(F)c(F)c2)cc1C(=O)O. The van der Waals surface area contributed by atoms with Crippen molar-refractivity contribution < 1.29 is 27.1 Å². The summed E-state index contributed by atoms with van der Waals surface area (Å²) in [6.07, 6.45) is 1.17. The van der Waals surface area contributed by atoms with E-state index in [0.717, 1.165) is 17.7 Å². The fourth-order valence-corrected chi connectivity index (χ4v) is 3.97. The number of nitrogens with zero attached hydrogens (tertiary/aromatic N) is 2. The van der Waals surface area contributed by atoms with Crippen molar-refractivity contribution in [3.05, 3.63) is 83.6 Å². The minimum absolute atomic E-state index is 0.123. The monoisotopic (exact) mass is 447 g/mol. The van der Waals surface area contributed by atoms with E-state index >= 15 is 0 Å². The largest absolute Gasteiger partial charge is 0.478 e. The van der Waals surface area contributed by atoms with Gasteiger partial charge >= 0.3 is 5.97 Å². The van der Waals surface area contributed by atoms with Crippen LogP contribution >= 0.6 is 0 Å². The molecule has 0 amide bonds. The Morgan fingerprint density at radius 2 is 1.81 bits per heavy atom. The van der Waals surface area contributed by atoms with E-state index in [1.807, 2.05) is 37.3 Å². The number of carboxylic acid groups (broad SMARTS) is 1. The highest BCUT2D eigenvalue weighted by atomic mass is 32.2. The van der Waals surface area contributed by atoms with Gasteiger partial charge in [-0.2, -0.15) is 0 Å². The van der Waals surface area contributed by atoms with Crippen LogP contribution in [0.15, 0.2) is 65.7 Å². The molecule has 162 valence electrons. The third-order valence-electron chi connectivity index (χ3n) is 4.45. The van der Waals surface area contributed by atoms with Crippen LogP contribution in [0.25, 0.3) is 0 Å². The molecule has 3 rings (SSSR count). The third kappa shape index (κ3) is 5.15. The molecule has 2 aromatic carbocycles. The number of anilines is 2. The number of hydrogen-bond donors (Lipinski definition) is 2. The van der Waals surface area contributed by atoms with Gasteiger partial charge in [0.2, 0.25) is 0 Å². The second kappa shape index (κ2) is 9.09. The van der Waals surface area contributed by atoms with Crippen molar-refractivity contribution in [2.75, 3.05) is 16.2 Å². The average molecular weight is 447 g/mol. The first-order valence-corrected chi connectivity index (χ1v) is 10.7. The number of hydrogen-bond acceptors (Lipinski definition) is 5. The van der Waals surface area contributed by atoms with E-state index in [1.165, 1.54) is 6.20 Å². The van der Waals surface area contributed by atoms with Gasteiger partial charge < -0.3 is 10.0 Å². The predicted octanol–water partition coefficient (Wildman–Crippen LogP) is 3.89. The molecule has 1 aromatic heterocycles. The molecule has 0 aliphatic carbocycles. The van der Waals surface area contributed by atoms with Crippen molar-refractivity contribution in [2.45, 2.75) is 18.4 Å². The number of pyridine rings is 1. The Hall–Kier alpha value is -3.53. The average Bonchev–Trinajstić information content (AvgIpc) is 2.74. The molecule has 0 saturated carbocycles. The first kappa shape index (κ1) is 22.2. The summed E-state index contributed by atoms with van der Waals surface area (Å²) >= 11 is 0. The number of nitrogens with one attached hydrogen (secondary N) is 1. The van der Waals surface area contributed by atoms with Crippen LogP contribution in [0.4, 0.5) is 20.3 Å². The van der Waals surface area contributed by atoms with Crippen molar-refractivity contribution in [3.8, 4) is 0 Å². The van der Waals surface area contributed by atoms with Gasteiger partial charge in [-0.25, -0.2) is 27.0 Å². The van der Waals surface area contributed by atoms with E-state index in [1.54, 1.807) is 4.90 Å². The van der Waals surface area contributed by atoms with Gasteiger partial charge in [-0.1, -0.05) is 30.3 Å². The summed E-state index contributed by atoms with van der Waals surface area (Å²) in [4.78, 5) is 17.2. The van der Waals surface area contributed by atoms with Crippen molar-refractivity contribution in [3.63, 3.8) is 0 Å². The Morgan fingerprint density at radius 3 is 2.42 bits per heavy atom. The van der Waals surface area contributed by atoms with Crippen LogP contribution < -0.4 is 9.62 Å². The number of rotatable bonds is 8. The van der Waals surface area contributed by atoms with Crippen LogP contribution in [-0.4, -0.2) is 31.0 Å². The van der Waals surface area contributed by atoms with Gasteiger partial charge in [-0.15, -0.1) is 0 Å². The maximum absolute atomic E-state index is 13.4. The minimum Gasteiger partial charge on any atom is -0.478 e. The summed E-state index contributed by atoms with van der Waals surface area (Å²) in [5, 5.41) is 9.65.